The van der Waals surface area contributed by atoms with Gasteiger partial charge < -0.3 is 10.7 Å². The van der Waals surface area contributed by atoms with Crippen LogP contribution in [0.15, 0.2) is 40.9 Å². The van der Waals surface area contributed by atoms with Crippen LogP contribution in [-0.4, -0.2) is 9.97 Å². The van der Waals surface area contributed by atoms with Crippen LogP contribution in [0.2, 0.25) is 0 Å². The second kappa shape index (κ2) is 4.14. The number of aromatic amines is 1. The van der Waals surface area contributed by atoms with Gasteiger partial charge in [0.2, 0.25) is 0 Å². The van der Waals surface area contributed by atoms with Crippen molar-refractivity contribution in [3.63, 3.8) is 0 Å². The number of nitrogen functional groups attached to an aromatic ring is 1. The number of halogens is 1. The summed E-state index contributed by atoms with van der Waals surface area (Å²) in [6.45, 7) is 2.07. The molecule has 18 heavy (non-hydrogen) atoms. The van der Waals surface area contributed by atoms with Crippen LogP contribution in [0, 0.1) is 6.92 Å². The molecule has 1 heterocycles. The summed E-state index contributed by atoms with van der Waals surface area (Å²) < 4.78 is 1.04. The number of nitrogens with two attached hydrogens (primary N) is 1. The molecule has 0 unspecified atom stereocenters. The predicted octanol–water partition coefficient (Wildman–Crippen LogP) is 3.88. The van der Waals surface area contributed by atoms with Gasteiger partial charge in [0.25, 0.3) is 0 Å². The summed E-state index contributed by atoms with van der Waals surface area (Å²) >= 11 is 3.49. The molecule has 3 rings (SSSR count). The number of H-pyrrole nitrogens is 1. The van der Waals surface area contributed by atoms with E-state index in [-0.39, 0.29) is 0 Å². The van der Waals surface area contributed by atoms with Crippen LogP contribution in [0.1, 0.15) is 5.56 Å². The highest BCUT2D eigenvalue weighted by Crippen LogP contribution is 2.27. The highest BCUT2D eigenvalue weighted by molar-refractivity contribution is 9.10. The number of hydrogen-bond donors (Lipinski definition) is 2. The summed E-state index contributed by atoms with van der Waals surface area (Å²) in [6, 6.07) is 11.9. The maximum atomic E-state index is 5.77. The monoisotopic (exact) mass is 301 g/mol. The number of anilines is 1. The Morgan fingerprint density at radius 3 is 2.83 bits per heavy atom. The van der Waals surface area contributed by atoms with Crippen molar-refractivity contribution in [1.82, 2.24) is 9.97 Å². The minimum Gasteiger partial charge on any atom is -0.399 e. The second-order valence-corrected chi connectivity index (χ2v) is 5.24. The SMILES string of the molecule is Cc1ccc(Br)cc1-c1nc2ccc(N)cc2[nH]1. The van der Waals surface area contributed by atoms with E-state index in [1.54, 1.807) is 0 Å². The van der Waals surface area contributed by atoms with Gasteiger partial charge in [0.05, 0.1) is 11.0 Å². The van der Waals surface area contributed by atoms with Gasteiger partial charge in [0.1, 0.15) is 5.82 Å². The average Bonchev–Trinajstić information content (AvgIpc) is 2.74. The Kier molecular flexibility index (Phi) is 2.59. The number of rotatable bonds is 1. The Hall–Kier alpha value is -1.81. The molecule has 0 radical (unpaired) electrons. The average molecular weight is 302 g/mol. The van der Waals surface area contributed by atoms with Crippen molar-refractivity contribution < 1.29 is 0 Å². The lowest BCUT2D eigenvalue weighted by atomic mass is 10.1. The Labute approximate surface area is 113 Å². The topological polar surface area (TPSA) is 54.7 Å². The number of fused-ring (bicyclic) bond motifs is 1. The normalized spacial score (nSPS) is 11.0. The minimum absolute atomic E-state index is 0.740. The number of nitrogens with zero attached hydrogens (tertiary/aromatic N) is 1. The highest BCUT2D eigenvalue weighted by Gasteiger charge is 2.08. The molecule has 0 aliphatic carbocycles. The van der Waals surface area contributed by atoms with E-state index in [4.69, 9.17) is 5.73 Å². The standard InChI is InChI=1S/C14H12BrN3/c1-8-2-3-9(15)6-11(8)14-17-12-5-4-10(16)7-13(12)18-14/h2-7H,16H2,1H3,(H,17,18). The number of benzene rings is 2. The van der Waals surface area contributed by atoms with Crippen LogP contribution in [0.25, 0.3) is 22.4 Å². The van der Waals surface area contributed by atoms with Crippen LogP contribution >= 0.6 is 15.9 Å². The number of aromatic nitrogens is 2. The molecule has 4 heteroatoms. The number of imidazole rings is 1. The number of hydrogen-bond acceptors (Lipinski definition) is 2. The van der Waals surface area contributed by atoms with Crippen molar-refractivity contribution >= 4 is 32.7 Å². The van der Waals surface area contributed by atoms with Crippen LogP contribution < -0.4 is 5.73 Å². The third-order valence-corrected chi connectivity index (χ3v) is 3.45. The molecular formula is C14H12BrN3. The molecule has 3 N–H and O–H groups in total. The molecule has 0 atom stereocenters. The smallest absolute Gasteiger partial charge is 0.138 e. The first-order valence-electron chi connectivity index (χ1n) is 5.65. The van der Waals surface area contributed by atoms with E-state index in [0.29, 0.717) is 0 Å². The van der Waals surface area contributed by atoms with Crippen LogP contribution in [-0.2, 0) is 0 Å². The fraction of sp³-hybridized carbons (Fsp3) is 0.0714. The zero-order chi connectivity index (χ0) is 12.7. The van der Waals surface area contributed by atoms with E-state index in [1.807, 2.05) is 24.3 Å². The molecule has 3 nitrogen and oxygen atoms in total. The van der Waals surface area contributed by atoms with Gasteiger partial charge in [-0.3, -0.25) is 0 Å². The molecule has 0 bridgehead atoms. The lowest BCUT2D eigenvalue weighted by Gasteiger charge is -2.02. The zero-order valence-corrected chi connectivity index (χ0v) is 11.5. The van der Waals surface area contributed by atoms with Crippen molar-refractivity contribution in [3.8, 4) is 11.4 Å². The third-order valence-electron chi connectivity index (χ3n) is 2.96. The first kappa shape index (κ1) is 11.3. The van der Waals surface area contributed by atoms with Crippen LogP contribution in [0.5, 0.6) is 0 Å². The fourth-order valence-corrected chi connectivity index (χ4v) is 2.37. The van der Waals surface area contributed by atoms with Crippen molar-refractivity contribution in [2.45, 2.75) is 6.92 Å². The molecule has 90 valence electrons. The summed E-state index contributed by atoms with van der Waals surface area (Å²) in [6.07, 6.45) is 0. The molecule has 0 saturated heterocycles. The minimum atomic E-state index is 0.740. The Morgan fingerprint density at radius 1 is 1.17 bits per heavy atom. The van der Waals surface area contributed by atoms with Gasteiger partial charge in [-0.1, -0.05) is 22.0 Å². The third kappa shape index (κ3) is 1.88. The van der Waals surface area contributed by atoms with E-state index < -0.39 is 0 Å². The maximum absolute atomic E-state index is 5.77. The van der Waals surface area contributed by atoms with Crippen molar-refractivity contribution in [3.05, 3.63) is 46.4 Å². The highest BCUT2D eigenvalue weighted by atomic mass is 79.9. The quantitative estimate of drug-likeness (QED) is 0.670. The first-order chi connectivity index (χ1) is 8.63. The van der Waals surface area contributed by atoms with Gasteiger partial charge in [-0.15, -0.1) is 0 Å². The molecule has 0 amide bonds. The molecule has 0 saturated carbocycles. The van der Waals surface area contributed by atoms with Crippen molar-refractivity contribution in [1.29, 1.82) is 0 Å². The summed E-state index contributed by atoms with van der Waals surface area (Å²) in [5.74, 6) is 0.870. The summed E-state index contributed by atoms with van der Waals surface area (Å²) in [7, 11) is 0. The van der Waals surface area contributed by atoms with Crippen molar-refractivity contribution in [2.24, 2.45) is 0 Å². The lowest BCUT2D eigenvalue weighted by molar-refractivity contribution is 1.30. The van der Waals surface area contributed by atoms with Gasteiger partial charge in [0, 0.05) is 15.7 Å². The Balaban J connectivity index is 2.22. The van der Waals surface area contributed by atoms with Gasteiger partial charge in [0.15, 0.2) is 0 Å². The van der Waals surface area contributed by atoms with Crippen LogP contribution in [0.4, 0.5) is 5.69 Å². The molecule has 0 aliphatic heterocycles. The summed E-state index contributed by atoms with van der Waals surface area (Å²) in [5, 5.41) is 0. The van der Waals surface area contributed by atoms with E-state index >= 15 is 0 Å². The lowest BCUT2D eigenvalue weighted by Crippen LogP contribution is -1.85. The fourth-order valence-electron chi connectivity index (χ4n) is 2.00. The zero-order valence-electron chi connectivity index (χ0n) is 9.87. The van der Waals surface area contributed by atoms with Gasteiger partial charge >= 0.3 is 0 Å². The number of nitrogens with one attached hydrogen (secondary N) is 1. The van der Waals surface area contributed by atoms with E-state index in [0.717, 1.165) is 32.6 Å². The maximum Gasteiger partial charge on any atom is 0.138 e. The Bertz CT molecular complexity index is 731. The molecule has 0 aliphatic rings. The number of aryl methyl sites for hydroxylation is 1. The van der Waals surface area contributed by atoms with Crippen LogP contribution in [0.3, 0.4) is 0 Å². The van der Waals surface area contributed by atoms with Gasteiger partial charge in [-0.25, -0.2) is 4.98 Å². The molecule has 0 spiro atoms. The second-order valence-electron chi connectivity index (χ2n) is 4.32. The molecule has 1 aromatic heterocycles. The van der Waals surface area contributed by atoms with Gasteiger partial charge in [-0.2, -0.15) is 0 Å². The molecule has 0 fully saturated rings. The molecular weight excluding hydrogens is 290 g/mol. The van der Waals surface area contributed by atoms with E-state index in [2.05, 4.69) is 45.0 Å². The van der Waals surface area contributed by atoms with E-state index in [1.165, 1.54) is 5.56 Å². The van der Waals surface area contributed by atoms with Gasteiger partial charge in [-0.05, 0) is 42.8 Å². The molecule has 3 aromatic rings. The largest absolute Gasteiger partial charge is 0.399 e. The summed E-state index contributed by atoms with van der Waals surface area (Å²) in [4.78, 5) is 7.90. The Morgan fingerprint density at radius 2 is 2.00 bits per heavy atom. The summed E-state index contributed by atoms with van der Waals surface area (Å²) in [5.41, 5.74) is 10.7. The van der Waals surface area contributed by atoms with E-state index in [9.17, 15) is 0 Å². The van der Waals surface area contributed by atoms with Crippen molar-refractivity contribution in [2.75, 3.05) is 5.73 Å². The molecule has 2 aromatic carbocycles. The predicted molar refractivity (Wildman–Crippen MR) is 78.4 cm³/mol. The first-order valence-corrected chi connectivity index (χ1v) is 6.44.